The third-order valence-corrected chi connectivity index (χ3v) is 4.20. The van der Waals surface area contributed by atoms with E-state index in [1.165, 1.54) is 0 Å². The molecule has 2 atom stereocenters. The van der Waals surface area contributed by atoms with Crippen LogP contribution in [0.25, 0.3) is 0 Å². The molecule has 1 heterocycles. The lowest BCUT2D eigenvalue weighted by Crippen LogP contribution is -2.35. The summed E-state index contributed by atoms with van der Waals surface area (Å²) >= 11 is 0. The minimum Gasteiger partial charge on any atom is -0.493 e. The summed E-state index contributed by atoms with van der Waals surface area (Å²) in [4.78, 5) is 12.7. The largest absolute Gasteiger partial charge is 0.493 e. The van der Waals surface area contributed by atoms with Crippen LogP contribution in [-0.2, 0) is 4.79 Å². The predicted octanol–water partition coefficient (Wildman–Crippen LogP) is 3.82. The molecular formula is C19H21NO2. The van der Waals surface area contributed by atoms with Gasteiger partial charge in [-0.05, 0) is 18.1 Å². The maximum Gasteiger partial charge on any atom is 0.228 e. The van der Waals surface area contributed by atoms with E-state index in [9.17, 15) is 4.79 Å². The lowest BCUT2D eigenvalue weighted by atomic mass is 9.94. The standard InChI is InChI=1S/C19H21NO2/c1-2-15(14-8-4-3-5-9-14)19(21)20-17-12-13-22-18-11-7-6-10-16(17)18/h3-11,15,17H,2,12-13H2,1H3,(H,20,21)/t15-,17-/m1/s1. The Bertz CT molecular complexity index is 639. The average Bonchev–Trinajstić information content (AvgIpc) is 2.57. The fourth-order valence-electron chi connectivity index (χ4n) is 3.02. The van der Waals surface area contributed by atoms with Crippen molar-refractivity contribution in [2.24, 2.45) is 0 Å². The lowest BCUT2D eigenvalue weighted by Gasteiger charge is -2.28. The van der Waals surface area contributed by atoms with Gasteiger partial charge in [0.2, 0.25) is 5.91 Å². The first-order valence-corrected chi connectivity index (χ1v) is 7.86. The van der Waals surface area contributed by atoms with Crippen LogP contribution in [-0.4, -0.2) is 12.5 Å². The second-order valence-electron chi connectivity index (χ2n) is 5.61. The number of rotatable bonds is 4. The Kier molecular flexibility index (Phi) is 4.42. The highest BCUT2D eigenvalue weighted by molar-refractivity contribution is 5.84. The first kappa shape index (κ1) is 14.6. The summed E-state index contributed by atoms with van der Waals surface area (Å²) < 4.78 is 5.66. The van der Waals surface area contributed by atoms with Crippen molar-refractivity contribution < 1.29 is 9.53 Å². The van der Waals surface area contributed by atoms with Gasteiger partial charge in [0, 0.05) is 12.0 Å². The summed E-state index contributed by atoms with van der Waals surface area (Å²) in [5, 5.41) is 3.21. The van der Waals surface area contributed by atoms with Crippen molar-refractivity contribution in [3.8, 4) is 5.75 Å². The van der Waals surface area contributed by atoms with E-state index in [0.29, 0.717) is 6.61 Å². The molecule has 2 aromatic rings. The number of hydrogen-bond acceptors (Lipinski definition) is 2. The van der Waals surface area contributed by atoms with Gasteiger partial charge >= 0.3 is 0 Å². The van der Waals surface area contributed by atoms with Crippen molar-refractivity contribution in [1.29, 1.82) is 0 Å². The van der Waals surface area contributed by atoms with E-state index >= 15 is 0 Å². The van der Waals surface area contributed by atoms with E-state index in [-0.39, 0.29) is 17.9 Å². The molecule has 0 unspecified atom stereocenters. The number of hydrogen-bond donors (Lipinski definition) is 1. The van der Waals surface area contributed by atoms with E-state index in [0.717, 1.165) is 29.7 Å². The molecule has 1 amide bonds. The van der Waals surface area contributed by atoms with Crippen molar-refractivity contribution in [1.82, 2.24) is 5.32 Å². The molecule has 1 aliphatic rings. The quantitative estimate of drug-likeness (QED) is 0.931. The Morgan fingerprint density at radius 1 is 1.18 bits per heavy atom. The minimum absolute atomic E-state index is 0.0372. The summed E-state index contributed by atoms with van der Waals surface area (Å²) in [5.41, 5.74) is 2.15. The van der Waals surface area contributed by atoms with Gasteiger partial charge < -0.3 is 10.1 Å². The second-order valence-corrected chi connectivity index (χ2v) is 5.61. The number of fused-ring (bicyclic) bond motifs is 1. The summed E-state index contributed by atoms with van der Waals surface area (Å²) in [6.07, 6.45) is 1.61. The Morgan fingerprint density at radius 3 is 2.68 bits per heavy atom. The van der Waals surface area contributed by atoms with Gasteiger partial charge in [0.1, 0.15) is 5.75 Å². The van der Waals surface area contributed by atoms with Gasteiger partial charge in [0.05, 0.1) is 18.6 Å². The van der Waals surface area contributed by atoms with Crippen LogP contribution in [0.4, 0.5) is 0 Å². The minimum atomic E-state index is -0.101. The molecule has 0 aromatic heterocycles. The van der Waals surface area contributed by atoms with Crippen molar-refractivity contribution in [3.63, 3.8) is 0 Å². The van der Waals surface area contributed by atoms with Gasteiger partial charge in [-0.2, -0.15) is 0 Å². The van der Waals surface area contributed by atoms with Gasteiger partial charge in [-0.3, -0.25) is 4.79 Å². The molecule has 0 bridgehead atoms. The van der Waals surface area contributed by atoms with Crippen molar-refractivity contribution in [2.45, 2.75) is 31.7 Å². The van der Waals surface area contributed by atoms with Crippen LogP contribution >= 0.6 is 0 Å². The van der Waals surface area contributed by atoms with Crippen LogP contribution in [0, 0.1) is 0 Å². The number of nitrogens with one attached hydrogen (secondary N) is 1. The normalized spacial score (nSPS) is 18.0. The van der Waals surface area contributed by atoms with Gasteiger partial charge in [-0.1, -0.05) is 55.5 Å². The maximum absolute atomic E-state index is 12.7. The third-order valence-electron chi connectivity index (χ3n) is 4.20. The number of benzene rings is 2. The molecule has 0 saturated heterocycles. The van der Waals surface area contributed by atoms with Gasteiger partial charge in [0.15, 0.2) is 0 Å². The fourth-order valence-corrected chi connectivity index (χ4v) is 3.02. The summed E-state index contributed by atoms with van der Waals surface area (Å²) in [7, 11) is 0. The van der Waals surface area contributed by atoms with E-state index in [4.69, 9.17) is 4.74 Å². The zero-order chi connectivity index (χ0) is 15.4. The maximum atomic E-state index is 12.7. The zero-order valence-electron chi connectivity index (χ0n) is 12.8. The Balaban J connectivity index is 1.77. The SMILES string of the molecule is CC[C@@H](C(=O)N[C@@H]1CCOc2ccccc21)c1ccccc1. The number of ether oxygens (including phenoxy) is 1. The molecular weight excluding hydrogens is 274 g/mol. The number of carbonyl (C=O) groups is 1. The topological polar surface area (TPSA) is 38.3 Å². The van der Waals surface area contributed by atoms with Gasteiger partial charge in [-0.15, -0.1) is 0 Å². The monoisotopic (exact) mass is 295 g/mol. The molecule has 3 heteroatoms. The Hall–Kier alpha value is -2.29. The van der Waals surface area contributed by atoms with Crippen LogP contribution in [0.2, 0.25) is 0 Å². The van der Waals surface area contributed by atoms with Crippen LogP contribution in [0.3, 0.4) is 0 Å². The molecule has 0 saturated carbocycles. The number of para-hydroxylation sites is 1. The van der Waals surface area contributed by atoms with Gasteiger partial charge in [-0.25, -0.2) is 0 Å². The highest BCUT2D eigenvalue weighted by Gasteiger charge is 2.26. The molecule has 0 aliphatic carbocycles. The molecule has 114 valence electrons. The molecule has 2 aromatic carbocycles. The third kappa shape index (κ3) is 2.98. The first-order valence-electron chi connectivity index (χ1n) is 7.86. The molecule has 1 aliphatic heterocycles. The highest BCUT2D eigenvalue weighted by atomic mass is 16.5. The van der Waals surface area contributed by atoms with Crippen LogP contribution in [0.15, 0.2) is 54.6 Å². The van der Waals surface area contributed by atoms with Crippen molar-refractivity contribution in [2.75, 3.05) is 6.61 Å². The molecule has 0 radical (unpaired) electrons. The van der Waals surface area contributed by atoms with E-state index in [1.54, 1.807) is 0 Å². The van der Waals surface area contributed by atoms with E-state index < -0.39 is 0 Å². The smallest absolute Gasteiger partial charge is 0.228 e. The first-order chi connectivity index (χ1) is 10.8. The number of amides is 1. The molecule has 0 fully saturated rings. The zero-order valence-corrected chi connectivity index (χ0v) is 12.8. The average molecular weight is 295 g/mol. The Labute approximate surface area is 131 Å². The summed E-state index contributed by atoms with van der Waals surface area (Å²) in [6, 6.07) is 18.0. The molecule has 0 spiro atoms. The lowest BCUT2D eigenvalue weighted by molar-refractivity contribution is -0.123. The van der Waals surface area contributed by atoms with Crippen LogP contribution in [0.5, 0.6) is 5.75 Å². The molecule has 3 nitrogen and oxygen atoms in total. The van der Waals surface area contributed by atoms with E-state index in [1.807, 2.05) is 54.6 Å². The molecule has 1 N–H and O–H groups in total. The summed E-state index contributed by atoms with van der Waals surface area (Å²) in [6.45, 7) is 2.69. The van der Waals surface area contributed by atoms with Crippen LogP contribution < -0.4 is 10.1 Å². The number of carbonyl (C=O) groups excluding carboxylic acids is 1. The predicted molar refractivity (Wildman–Crippen MR) is 86.9 cm³/mol. The summed E-state index contributed by atoms with van der Waals surface area (Å²) in [5.74, 6) is 0.874. The highest BCUT2D eigenvalue weighted by Crippen LogP contribution is 2.32. The van der Waals surface area contributed by atoms with Crippen molar-refractivity contribution in [3.05, 3.63) is 65.7 Å². The van der Waals surface area contributed by atoms with Gasteiger partial charge in [0.25, 0.3) is 0 Å². The van der Waals surface area contributed by atoms with Crippen LogP contribution in [0.1, 0.15) is 42.9 Å². The second kappa shape index (κ2) is 6.65. The van der Waals surface area contributed by atoms with E-state index in [2.05, 4.69) is 12.2 Å². The van der Waals surface area contributed by atoms with Crippen molar-refractivity contribution >= 4 is 5.91 Å². The molecule has 3 rings (SSSR count). The molecule has 22 heavy (non-hydrogen) atoms. The fraction of sp³-hybridized carbons (Fsp3) is 0.316. The Morgan fingerprint density at radius 2 is 1.91 bits per heavy atom.